The molecule has 0 saturated carbocycles. The maximum Gasteiger partial charge on any atom is 0.294 e. The summed E-state index contributed by atoms with van der Waals surface area (Å²) in [4.78, 5) is 15.1. The monoisotopic (exact) mass is 332 g/mol. The molecule has 0 aliphatic carbocycles. The van der Waals surface area contributed by atoms with E-state index in [0.29, 0.717) is 5.76 Å². The summed E-state index contributed by atoms with van der Waals surface area (Å²) >= 11 is 0. The van der Waals surface area contributed by atoms with E-state index in [9.17, 15) is 4.79 Å². The molecule has 4 rings (SSSR count). The first-order valence-electron chi connectivity index (χ1n) is 8.51. The molecule has 0 fully saturated rings. The lowest BCUT2D eigenvalue weighted by atomic mass is 9.91. The third-order valence-corrected chi connectivity index (χ3v) is 4.60. The minimum Gasteiger partial charge on any atom is -0.459 e. The van der Waals surface area contributed by atoms with Crippen molar-refractivity contribution in [2.45, 2.75) is 25.4 Å². The summed E-state index contributed by atoms with van der Waals surface area (Å²) < 4.78 is 5.40. The van der Waals surface area contributed by atoms with Crippen molar-refractivity contribution in [1.29, 1.82) is 0 Å². The van der Waals surface area contributed by atoms with E-state index in [2.05, 4.69) is 24.4 Å². The Labute approximate surface area is 147 Å². The molecule has 0 bridgehead atoms. The van der Waals surface area contributed by atoms with Gasteiger partial charge in [-0.3, -0.25) is 9.69 Å². The van der Waals surface area contributed by atoms with Crippen LogP contribution in [-0.4, -0.2) is 11.9 Å². The number of amides is 1. The highest BCUT2D eigenvalue weighted by Gasteiger charge is 2.34. The molecule has 4 heteroatoms. The van der Waals surface area contributed by atoms with Crippen LogP contribution in [0.1, 0.15) is 35.5 Å². The van der Waals surface area contributed by atoms with Crippen LogP contribution in [0.25, 0.3) is 0 Å². The SMILES string of the molecule is C[C@@H]1C[C@H](N(C(=O)c2ccco2)c2ccccc2)c2ccccc2N1. The summed E-state index contributed by atoms with van der Waals surface area (Å²) in [5.41, 5.74) is 3.08. The summed E-state index contributed by atoms with van der Waals surface area (Å²) in [5.74, 6) is 0.234. The second-order valence-electron chi connectivity index (χ2n) is 6.37. The Morgan fingerprint density at radius 2 is 1.80 bits per heavy atom. The fraction of sp³-hybridized carbons (Fsp3) is 0.190. The van der Waals surface area contributed by atoms with Crippen molar-refractivity contribution < 1.29 is 9.21 Å². The van der Waals surface area contributed by atoms with Gasteiger partial charge in [0, 0.05) is 17.4 Å². The third-order valence-electron chi connectivity index (χ3n) is 4.60. The number of benzene rings is 2. The van der Waals surface area contributed by atoms with Gasteiger partial charge in [-0.15, -0.1) is 0 Å². The predicted molar refractivity (Wildman–Crippen MR) is 98.8 cm³/mol. The quantitative estimate of drug-likeness (QED) is 0.744. The summed E-state index contributed by atoms with van der Waals surface area (Å²) in [7, 11) is 0. The molecule has 126 valence electrons. The van der Waals surface area contributed by atoms with Crippen LogP contribution in [0.4, 0.5) is 11.4 Å². The Morgan fingerprint density at radius 3 is 2.56 bits per heavy atom. The van der Waals surface area contributed by atoms with Gasteiger partial charge in [0.2, 0.25) is 0 Å². The summed E-state index contributed by atoms with van der Waals surface area (Å²) in [6.45, 7) is 2.14. The van der Waals surface area contributed by atoms with Gasteiger partial charge in [0.15, 0.2) is 5.76 Å². The van der Waals surface area contributed by atoms with Gasteiger partial charge in [-0.05, 0) is 49.2 Å². The van der Waals surface area contributed by atoms with Gasteiger partial charge in [0.1, 0.15) is 0 Å². The van der Waals surface area contributed by atoms with Crippen molar-refractivity contribution >= 4 is 17.3 Å². The number of anilines is 2. The highest BCUT2D eigenvalue weighted by Crippen LogP contribution is 2.39. The lowest BCUT2D eigenvalue weighted by Crippen LogP contribution is -2.40. The van der Waals surface area contributed by atoms with E-state index in [1.54, 1.807) is 12.1 Å². The van der Waals surface area contributed by atoms with Crippen LogP contribution in [0.2, 0.25) is 0 Å². The average Bonchev–Trinajstić information content (AvgIpc) is 3.17. The molecule has 0 radical (unpaired) electrons. The molecule has 1 N–H and O–H groups in total. The van der Waals surface area contributed by atoms with Gasteiger partial charge >= 0.3 is 0 Å². The van der Waals surface area contributed by atoms with Crippen molar-refractivity contribution in [2.75, 3.05) is 10.2 Å². The fourth-order valence-corrected chi connectivity index (χ4v) is 3.50. The largest absolute Gasteiger partial charge is 0.459 e. The van der Waals surface area contributed by atoms with Gasteiger partial charge < -0.3 is 9.73 Å². The lowest BCUT2D eigenvalue weighted by Gasteiger charge is -2.38. The zero-order valence-corrected chi connectivity index (χ0v) is 14.1. The van der Waals surface area contributed by atoms with Crippen molar-refractivity contribution in [3.63, 3.8) is 0 Å². The molecule has 4 nitrogen and oxygen atoms in total. The number of rotatable bonds is 3. The number of hydrogen-bond donors (Lipinski definition) is 1. The molecule has 3 aromatic rings. The molecule has 1 aliphatic rings. The number of carbonyl (C=O) groups is 1. The number of para-hydroxylation sites is 2. The Hall–Kier alpha value is -3.01. The Morgan fingerprint density at radius 1 is 1.04 bits per heavy atom. The van der Waals surface area contributed by atoms with E-state index in [4.69, 9.17) is 4.42 Å². The van der Waals surface area contributed by atoms with Crippen molar-refractivity contribution in [3.05, 3.63) is 84.3 Å². The first-order valence-corrected chi connectivity index (χ1v) is 8.51. The van der Waals surface area contributed by atoms with E-state index in [-0.39, 0.29) is 18.0 Å². The molecule has 0 saturated heterocycles. The maximum absolute atomic E-state index is 13.2. The van der Waals surface area contributed by atoms with E-state index in [0.717, 1.165) is 23.4 Å². The summed E-state index contributed by atoms with van der Waals surface area (Å²) in [5, 5.41) is 3.51. The van der Waals surface area contributed by atoms with Crippen molar-refractivity contribution in [1.82, 2.24) is 0 Å². The second-order valence-corrected chi connectivity index (χ2v) is 6.37. The van der Waals surface area contributed by atoms with Crippen LogP contribution in [0.3, 0.4) is 0 Å². The fourth-order valence-electron chi connectivity index (χ4n) is 3.50. The van der Waals surface area contributed by atoms with Crippen LogP contribution in [0.5, 0.6) is 0 Å². The molecular weight excluding hydrogens is 312 g/mol. The number of furan rings is 1. The minimum absolute atomic E-state index is 0.0487. The first kappa shape index (κ1) is 15.5. The highest BCUT2D eigenvalue weighted by atomic mass is 16.3. The normalized spacial score (nSPS) is 18.9. The first-order chi connectivity index (χ1) is 12.2. The Balaban J connectivity index is 1.83. The molecule has 2 heterocycles. The Kier molecular flexibility index (Phi) is 4.02. The lowest BCUT2D eigenvalue weighted by molar-refractivity contribution is 0.0947. The van der Waals surface area contributed by atoms with Crippen LogP contribution in [0.15, 0.2) is 77.4 Å². The van der Waals surface area contributed by atoms with E-state index < -0.39 is 0 Å². The van der Waals surface area contributed by atoms with E-state index in [1.807, 2.05) is 47.4 Å². The average molecular weight is 332 g/mol. The van der Waals surface area contributed by atoms with Crippen LogP contribution >= 0.6 is 0 Å². The number of carbonyl (C=O) groups excluding carboxylic acids is 1. The molecule has 25 heavy (non-hydrogen) atoms. The maximum atomic E-state index is 13.2. The zero-order valence-electron chi connectivity index (χ0n) is 14.1. The van der Waals surface area contributed by atoms with Crippen LogP contribution in [-0.2, 0) is 0 Å². The van der Waals surface area contributed by atoms with Crippen LogP contribution < -0.4 is 10.2 Å². The molecule has 0 spiro atoms. The topological polar surface area (TPSA) is 45.5 Å². The smallest absolute Gasteiger partial charge is 0.294 e. The van der Waals surface area contributed by atoms with Crippen molar-refractivity contribution in [2.24, 2.45) is 0 Å². The number of fused-ring (bicyclic) bond motifs is 1. The van der Waals surface area contributed by atoms with E-state index in [1.165, 1.54) is 6.26 Å². The van der Waals surface area contributed by atoms with Gasteiger partial charge in [0.25, 0.3) is 5.91 Å². The number of nitrogens with zero attached hydrogens (tertiary/aromatic N) is 1. The standard InChI is InChI=1S/C21H20N2O2/c1-15-14-19(17-10-5-6-11-18(17)22-15)23(16-8-3-2-4-9-16)21(24)20-12-7-13-25-20/h2-13,15,19,22H,14H2,1H3/t15-,19+/m1/s1. The molecule has 1 amide bonds. The van der Waals surface area contributed by atoms with E-state index >= 15 is 0 Å². The van der Waals surface area contributed by atoms with Gasteiger partial charge in [-0.2, -0.15) is 0 Å². The van der Waals surface area contributed by atoms with Crippen LogP contribution in [0, 0.1) is 0 Å². The molecule has 2 aromatic carbocycles. The zero-order chi connectivity index (χ0) is 17.2. The molecular formula is C21H20N2O2. The molecule has 2 atom stereocenters. The second kappa shape index (κ2) is 6.48. The molecule has 1 aromatic heterocycles. The third kappa shape index (κ3) is 2.91. The Bertz CT molecular complexity index is 859. The van der Waals surface area contributed by atoms with Gasteiger partial charge in [0.05, 0.1) is 12.3 Å². The molecule has 1 aliphatic heterocycles. The molecule has 0 unspecified atom stereocenters. The summed E-state index contributed by atoms with van der Waals surface area (Å²) in [6.07, 6.45) is 2.37. The minimum atomic E-state index is -0.120. The van der Waals surface area contributed by atoms with Gasteiger partial charge in [-0.25, -0.2) is 0 Å². The number of nitrogens with one attached hydrogen (secondary N) is 1. The van der Waals surface area contributed by atoms with Crippen molar-refractivity contribution in [3.8, 4) is 0 Å². The highest BCUT2D eigenvalue weighted by molar-refractivity contribution is 6.05. The van der Waals surface area contributed by atoms with Gasteiger partial charge in [-0.1, -0.05) is 36.4 Å². The summed E-state index contributed by atoms with van der Waals surface area (Å²) in [6, 6.07) is 21.7. The predicted octanol–water partition coefficient (Wildman–Crippen LogP) is 4.87. The number of hydrogen-bond acceptors (Lipinski definition) is 3.